The van der Waals surface area contributed by atoms with Crippen LogP contribution in [0.5, 0.6) is 0 Å². The molecule has 3 fully saturated rings. The average molecular weight is 823 g/mol. The zero-order valence-corrected chi connectivity index (χ0v) is 34.2. The molecule has 0 unspecified atom stereocenters. The van der Waals surface area contributed by atoms with Crippen molar-refractivity contribution in [3.63, 3.8) is 0 Å². The van der Waals surface area contributed by atoms with Gasteiger partial charge in [0.1, 0.15) is 0 Å². The van der Waals surface area contributed by atoms with Gasteiger partial charge < -0.3 is 36.5 Å². The summed E-state index contributed by atoms with van der Waals surface area (Å²) in [4.78, 5) is 0. The van der Waals surface area contributed by atoms with E-state index in [2.05, 4.69) is 38.1 Å². The van der Waals surface area contributed by atoms with Crippen LogP contribution in [-0.2, 0) is 31.0 Å². The van der Waals surface area contributed by atoms with Crippen LogP contribution in [0, 0.1) is 52.4 Å². The van der Waals surface area contributed by atoms with Gasteiger partial charge in [-0.2, -0.15) is 0 Å². The van der Waals surface area contributed by atoms with Gasteiger partial charge in [-0.1, -0.05) is 47.5 Å². The summed E-state index contributed by atoms with van der Waals surface area (Å²) < 4.78 is 74.0. The molecule has 3 saturated heterocycles. The molecular formula is C38H58CoF6N4O3P. The largest absolute Gasteiger partial charge is 3.00 e. The Morgan fingerprint density at radius 3 is 0.849 bits per heavy atom. The first kappa shape index (κ1) is 52.4. The van der Waals surface area contributed by atoms with Gasteiger partial charge in [-0.15, -0.1) is 11.4 Å². The molecule has 15 heteroatoms. The summed E-state index contributed by atoms with van der Waals surface area (Å²) in [6.07, 6.45) is 10.8. The van der Waals surface area contributed by atoms with E-state index in [4.69, 9.17) is 36.5 Å². The van der Waals surface area contributed by atoms with Crippen molar-refractivity contribution in [2.45, 2.75) is 93.9 Å². The number of hydrogen-bond donors (Lipinski definition) is 2. The Kier molecular flexibility index (Phi) is 23.6. The number of halogens is 6. The van der Waals surface area contributed by atoms with Crippen LogP contribution >= 0.6 is 7.81 Å². The monoisotopic (exact) mass is 822 g/mol. The number of aryl methyl sites for hydroxylation is 6. The van der Waals surface area contributed by atoms with Crippen LogP contribution < -0.4 is 0 Å². The molecule has 4 N–H and O–H groups in total. The minimum absolute atomic E-state index is 0. The van der Waals surface area contributed by atoms with Crippen LogP contribution in [0.1, 0.15) is 96.9 Å². The molecule has 2 aromatic rings. The minimum Gasteiger partial charge on any atom is 3.00 e. The van der Waals surface area contributed by atoms with Gasteiger partial charge in [-0.25, -0.2) is 0 Å². The van der Waals surface area contributed by atoms with E-state index in [1.165, 1.54) is 49.7 Å². The summed E-state index contributed by atoms with van der Waals surface area (Å²) in [5, 5.41) is 14.7. The van der Waals surface area contributed by atoms with Gasteiger partial charge in [0, 0.05) is 51.1 Å². The molecule has 0 bridgehead atoms. The maximum atomic E-state index is 9.87. The van der Waals surface area contributed by atoms with Crippen LogP contribution in [0.4, 0.5) is 25.2 Å². The third-order valence-corrected chi connectivity index (χ3v) is 7.10. The fourth-order valence-corrected chi connectivity index (χ4v) is 5.32. The molecule has 0 aromatic heterocycles. The molecule has 2 aromatic carbocycles. The van der Waals surface area contributed by atoms with Crippen molar-refractivity contribution in [1.29, 1.82) is 10.8 Å². The molecule has 3 aliphatic heterocycles. The maximum Gasteiger partial charge on any atom is 3.00 e. The van der Waals surface area contributed by atoms with Gasteiger partial charge >= 0.3 is 49.8 Å². The van der Waals surface area contributed by atoms with E-state index in [1.807, 2.05) is 27.7 Å². The predicted molar refractivity (Wildman–Crippen MR) is 206 cm³/mol. The number of ether oxygens (including phenoxy) is 3. The first-order chi connectivity index (χ1) is 23.8. The van der Waals surface area contributed by atoms with Crippen molar-refractivity contribution >= 4 is 30.6 Å². The number of benzene rings is 2. The Balaban J connectivity index is 0. The van der Waals surface area contributed by atoms with Crippen LogP contribution in [0.2, 0.25) is 0 Å². The van der Waals surface area contributed by atoms with Crippen LogP contribution in [0.15, 0.2) is 36.4 Å². The van der Waals surface area contributed by atoms with E-state index < -0.39 is 7.81 Å². The van der Waals surface area contributed by atoms with E-state index >= 15 is 0 Å². The first-order valence-corrected chi connectivity index (χ1v) is 19.2. The second-order valence-electron chi connectivity index (χ2n) is 12.9. The Bertz CT molecular complexity index is 1320. The Morgan fingerprint density at radius 1 is 0.528 bits per heavy atom. The number of rotatable bonds is 4. The van der Waals surface area contributed by atoms with E-state index in [0.29, 0.717) is 22.8 Å². The van der Waals surface area contributed by atoms with Crippen molar-refractivity contribution in [3.05, 3.63) is 92.4 Å². The molecule has 304 valence electrons. The van der Waals surface area contributed by atoms with Crippen molar-refractivity contribution in [2.75, 3.05) is 39.6 Å². The van der Waals surface area contributed by atoms with Crippen molar-refractivity contribution in [3.8, 4) is 0 Å². The van der Waals surface area contributed by atoms with Gasteiger partial charge in [-0.05, 0) is 127 Å². The Labute approximate surface area is 322 Å². The number of nitrogens with one attached hydrogen (secondary N) is 4. The van der Waals surface area contributed by atoms with E-state index in [1.54, 1.807) is 26.0 Å². The normalized spacial score (nSPS) is 16.4. The second-order valence-corrected chi connectivity index (χ2v) is 14.9. The Morgan fingerprint density at radius 2 is 0.717 bits per heavy atom. The standard InChI is InChI=1S/2C13H17N2.3C4H8O.Co.F6P/c2*1-8-5-9(2)13(10(3)6-8)12(15)7-11(4)14;3*1-2-4-5-3-1;;1-7(2,3,4,5)6/h2*5-7,14-15H,1-4H3;3*1-4H2;;/q2*-1;;;;+3;-1/b2*12-7-,14-11?;;;;;. The molecule has 0 spiro atoms. The summed E-state index contributed by atoms with van der Waals surface area (Å²) >= 11 is 0. The van der Waals surface area contributed by atoms with Gasteiger partial charge in [0.2, 0.25) is 0 Å². The maximum absolute atomic E-state index is 10.7. The van der Waals surface area contributed by atoms with Crippen molar-refractivity contribution in [1.82, 2.24) is 0 Å². The summed E-state index contributed by atoms with van der Waals surface area (Å²) in [6, 6.07) is 8.29. The molecule has 0 atom stereocenters. The fraction of sp³-hybridized carbons (Fsp3) is 0.526. The molecule has 0 amide bonds. The smallest absolute Gasteiger partial charge is 3.00 e. The van der Waals surface area contributed by atoms with Crippen molar-refractivity contribution < 1.29 is 56.2 Å². The second kappa shape index (κ2) is 23.9. The third-order valence-electron chi connectivity index (χ3n) is 7.10. The zero-order chi connectivity index (χ0) is 40.2. The molecule has 0 aliphatic carbocycles. The number of allylic oxidation sites excluding steroid dienone is 2. The van der Waals surface area contributed by atoms with E-state index in [-0.39, 0.29) is 16.8 Å². The summed E-state index contributed by atoms with van der Waals surface area (Å²) in [5.41, 5.74) is 26.3. The summed E-state index contributed by atoms with van der Waals surface area (Å²) in [5.74, 6) is 0. The number of hydrogen-bond acceptors (Lipinski definition) is 5. The SMILES string of the molecule is C1CCOC1.C1CCOC1.C1CCOC1.CC(=N)/C=C(\[NH-])c1c(C)cc(C)cc1C.CC(=N)/C=C(\[NH-])c1c(C)cc(C)cc1C.F[P-](F)(F)(F)(F)F.[Co+3]. The molecular weight excluding hydrogens is 764 g/mol. The first-order valence-electron chi connectivity index (χ1n) is 17.2. The van der Waals surface area contributed by atoms with Gasteiger partial charge in [0.05, 0.1) is 0 Å². The zero-order valence-electron chi connectivity index (χ0n) is 32.2. The fourth-order valence-electron chi connectivity index (χ4n) is 5.32. The van der Waals surface area contributed by atoms with Crippen LogP contribution in [-0.4, -0.2) is 51.1 Å². The molecule has 0 radical (unpaired) electrons. The quantitative estimate of drug-likeness (QED) is 0.181. The third kappa shape index (κ3) is 30.3. The van der Waals surface area contributed by atoms with Crippen LogP contribution in [0.3, 0.4) is 0 Å². The van der Waals surface area contributed by atoms with Gasteiger partial charge in [0.25, 0.3) is 0 Å². The topological polar surface area (TPSA) is 123 Å². The molecule has 3 aliphatic rings. The molecule has 0 saturated carbocycles. The summed E-state index contributed by atoms with van der Waals surface area (Å²) in [6.45, 7) is 21.5. The predicted octanol–water partition coefficient (Wildman–Crippen LogP) is 13.9. The molecule has 3 heterocycles. The molecule has 5 rings (SSSR count). The average Bonchev–Trinajstić information content (AvgIpc) is 3.77. The van der Waals surface area contributed by atoms with E-state index in [0.717, 1.165) is 73.0 Å². The minimum atomic E-state index is -10.7. The summed E-state index contributed by atoms with van der Waals surface area (Å²) in [7, 11) is -10.7. The van der Waals surface area contributed by atoms with E-state index in [9.17, 15) is 25.2 Å². The van der Waals surface area contributed by atoms with Crippen molar-refractivity contribution in [2.24, 2.45) is 0 Å². The molecule has 53 heavy (non-hydrogen) atoms. The molecule has 7 nitrogen and oxygen atoms in total. The van der Waals surface area contributed by atoms with Crippen LogP contribution in [0.25, 0.3) is 22.9 Å². The van der Waals surface area contributed by atoms with Gasteiger partial charge in [0.15, 0.2) is 0 Å². The Hall–Kier alpha value is -2.74. The van der Waals surface area contributed by atoms with Gasteiger partial charge in [-0.3, -0.25) is 0 Å².